The predicted molar refractivity (Wildman–Crippen MR) is 174 cm³/mol. The van der Waals surface area contributed by atoms with Gasteiger partial charge in [0.2, 0.25) is 0 Å². The van der Waals surface area contributed by atoms with E-state index in [4.69, 9.17) is 47.4 Å². The first kappa shape index (κ1) is 34.7. The number of hydrogen-bond donors (Lipinski definition) is 0. The average molecular weight is 651 g/mol. The van der Waals surface area contributed by atoms with Crippen LogP contribution >= 0.6 is 0 Å². The highest BCUT2D eigenvalue weighted by Crippen LogP contribution is 2.31. The van der Waals surface area contributed by atoms with E-state index in [-0.39, 0.29) is 0 Å². The standard InChI is InChI=1S/C32H50O10Si2/c1-43(2,27-5-7-29-31(25-27)41-23-19-37-15-11-33-9-13-35-17-21-39-29)44(3,4)28-6-8-30-32(26-28)42-24-20-38-16-12-34-10-14-36-18-22-40-30/h5-8,25-26H,9-24H2,1-4H3. The van der Waals surface area contributed by atoms with Crippen molar-refractivity contribution < 1.29 is 47.4 Å². The number of ether oxygens (including phenoxy) is 10. The second kappa shape index (κ2) is 18.1. The van der Waals surface area contributed by atoms with Gasteiger partial charge in [0.1, 0.15) is 26.4 Å². The Labute approximate surface area is 263 Å². The van der Waals surface area contributed by atoms with E-state index in [1.807, 2.05) is 12.1 Å². The molecule has 0 saturated heterocycles. The zero-order valence-electron chi connectivity index (χ0n) is 26.9. The highest BCUT2D eigenvalue weighted by Gasteiger charge is 2.44. The van der Waals surface area contributed by atoms with Gasteiger partial charge in [-0.3, -0.25) is 0 Å². The molecule has 0 radical (unpaired) electrons. The fraction of sp³-hybridized carbons (Fsp3) is 0.625. The third-order valence-electron chi connectivity index (χ3n) is 8.32. The van der Waals surface area contributed by atoms with Gasteiger partial charge < -0.3 is 47.4 Å². The molecule has 2 aromatic carbocycles. The zero-order valence-corrected chi connectivity index (χ0v) is 28.9. The van der Waals surface area contributed by atoms with Gasteiger partial charge in [0, 0.05) is 0 Å². The van der Waals surface area contributed by atoms with Crippen molar-refractivity contribution in [3.8, 4) is 23.0 Å². The summed E-state index contributed by atoms with van der Waals surface area (Å²) in [6.45, 7) is 17.7. The third kappa shape index (κ3) is 10.2. The average Bonchev–Trinajstić information content (AvgIpc) is 3.03. The molecule has 0 amide bonds. The van der Waals surface area contributed by atoms with Crippen LogP contribution in [0.5, 0.6) is 23.0 Å². The molecule has 12 heteroatoms. The number of rotatable bonds is 3. The van der Waals surface area contributed by atoms with Gasteiger partial charge in [-0.25, -0.2) is 0 Å². The highest BCUT2D eigenvalue weighted by atomic mass is 29.3. The monoisotopic (exact) mass is 650 g/mol. The molecule has 0 bridgehead atoms. The predicted octanol–water partition coefficient (Wildman–Crippen LogP) is 2.94. The van der Waals surface area contributed by atoms with Crippen LogP contribution in [0, 0.1) is 0 Å². The van der Waals surface area contributed by atoms with Gasteiger partial charge in [-0.15, -0.1) is 0 Å². The Morgan fingerprint density at radius 2 is 0.591 bits per heavy atom. The summed E-state index contributed by atoms with van der Waals surface area (Å²) in [5.41, 5.74) is 0. The molecule has 2 aliphatic rings. The summed E-state index contributed by atoms with van der Waals surface area (Å²) in [4.78, 5) is 0. The molecule has 0 aliphatic carbocycles. The van der Waals surface area contributed by atoms with E-state index in [0.717, 1.165) is 23.0 Å². The molecule has 2 aliphatic heterocycles. The Balaban J connectivity index is 1.54. The van der Waals surface area contributed by atoms with Crippen molar-refractivity contribution in [1.82, 2.24) is 0 Å². The van der Waals surface area contributed by atoms with Crippen molar-refractivity contribution >= 4 is 25.6 Å². The second-order valence-electron chi connectivity index (χ2n) is 11.6. The van der Waals surface area contributed by atoms with Crippen molar-refractivity contribution in [1.29, 1.82) is 0 Å². The van der Waals surface area contributed by atoms with Crippen LogP contribution in [0.15, 0.2) is 36.4 Å². The van der Waals surface area contributed by atoms with E-state index < -0.39 is 15.2 Å². The van der Waals surface area contributed by atoms with Crippen LogP contribution in [0.3, 0.4) is 0 Å². The first-order valence-corrected chi connectivity index (χ1v) is 22.7. The van der Waals surface area contributed by atoms with Crippen LogP contribution in [0.4, 0.5) is 0 Å². The minimum Gasteiger partial charge on any atom is -0.487 e. The molecule has 0 aromatic heterocycles. The Kier molecular flexibility index (Phi) is 14.3. The largest absolute Gasteiger partial charge is 0.487 e. The fourth-order valence-electron chi connectivity index (χ4n) is 4.91. The SMILES string of the molecule is C[Si](C)(c1ccc2c(c1)OCCOCCOCCOCCO2)[Si](C)(C)c1ccc2c(c1)OCCOCCOCCOCCO2. The van der Waals surface area contributed by atoms with E-state index in [0.29, 0.717) is 106 Å². The van der Waals surface area contributed by atoms with E-state index in [2.05, 4.69) is 50.5 Å². The summed E-state index contributed by atoms with van der Waals surface area (Å²) in [7, 11) is -4.08. The lowest BCUT2D eigenvalue weighted by Crippen LogP contribution is -2.69. The molecule has 44 heavy (non-hydrogen) atoms. The van der Waals surface area contributed by atoms with E-state index in [1.165, 1.54) is 10.4 Å². The summed E-state index contributed by atoms with van der Waals surface area (Å²) in [5.74, 6) is 2.93. The Bertz CT molecular complexity index is 1040. The van der Waals surface area contributed by atoms with Crippen LogP contribution in [-0.4, -0.2) is 121 Å². The lowest BCUT2D eigenvalue weighted by molar-refractivity contribution is 0.00708. The van der Waals surface area contributed by atoms with Gasteiger partial charge in [0.25, 0.3) is 0 Å². The quantitative estimate of drug-likeness (QED) is 0.462. The van der Waals surface area contributed by atoms with Crippen LogP contribution in [0.25, 0.3) is 0 Å². The van der Waals surface area contributed by atoms with E-state index in [1.54, 1.807) is 0 Å². The molecule has 0 fully saturated rings. The van der Waals surface area contributed by atoms with Crippen molar-refractivity contribution in [2.24, 2.45) is 0 Å². The minimum atomic E-state index is -2.04. The summed E-state index contributed by atoms with van der Waals surface area (Å²) in [6.07, 6.45) is 0. The molecular formula is C32H50O10Si2. The molecule has 0 spiro atoms. The number of hydrogen-bond acceptors (Lipinski definition) is 10. The first-order chi connectivity index (χ1) is 21.4. The third-order valence-corrected chi connectivity index (χ3v) is 26.1. The molecule has 0 N–H and O–H groups in total. The van der Waals surface area contributed by atoms with Crippen molar-refractivity contribution in [3.05, 3.63) is 36.4 Å². The lowest BCUT2D eigenvalue weighted by atomic mass is 10.3. The van der Waals surface area contributed by atoms with Crippen LogP contribution in [0.1, 0.15) is 0 Å². The van der Waals surface area contributed by atoms with E-state index >= 15 is 0 Å². The van der Waals surface area contributed by atoms with Crippen LogP contribution in [0.2, 0.25) is 26.2 Å². The van der Waals surface area contributed by atoms with Gasteiger partial charge in [-0.05, 0) is 24.3 Å². The molecule has 10 nitrogen and oxygen atoms in total. The fourth-order valence-corrected chi connectivity index (χ4v) is 13.6. The molecule has 4 rings (SSSR count). The second-order valence-corrected chi connectivity index (χ2v) is 26.8. The lowest BCUT2D eigenvalue weighted by Gasteiger charge is -2.39. The summed E-state index contributed by atoms with van der Waals surface area (Å²) < 4.78 is 58.3. The molecule has 2 heterocycles. The van der Waals surface area contributed by atoms with Gasteiger partial charge in [-0.1, -0.05) is 48.7 Å². The molecule has 246 valence electrons. The van der Waals surface area contributed by atoms with E-state index in [9.17, 15) is 0 Å². The molecule has 2 aromatic rings. The van der Waals surface area contributed by atoms with Gasteiger partial charge in [0.15, 0.2) is 23.0 Å². The Morgan fingerprint density at radius 1 is 0.341 bits per heavy atom. The van der Waals surface area contributed by atoms with Crippen molar-refractivity contribution in [2.45, 2.75) is 26.2 Å². The smallest absolute Gasteiger partial charge is 0.161 e. The van der Waals surface area contributed by atoms with Gasteiger partial charge in [-0.2, -0.15) is 0 Å². The molecule has 0 unspecified atom stereocenters. The summed E-state index contributed by atoms with van der Waals surface area (Å²) in [6, 6.07) is 12.9. The summed E-state index contributed by atoms with van der Waals surface area (Å²) in [5, 5.41) is 2.64. The maximum absolute atomic E-state index is 6.22. The molecular weight excluding hydrogens is 601 g/mol. The molecule has 0 atom stereocenters. The van der Waals surface area contributed by atoms with Crippen molar-refractivity contribution in [3.63, 3.8) is 0 Å². The Hall–Kier alpha value is -2.17. The topological polar surface area (TPSA) is 92.3 Å². The van der Waals surface area contributed by atoms with Crippen LogP contribution in [-0.2, 0) is 28.4 Å². The maximum atomic E-state index is 6.22. The van der Waals surface area contributed by atoms with Gasteiger partial charge in [0.05, 0.1) is 94.5 Å². The Morgan fingerprint density at radius 3 is 0.886 bits per heavy atom. The van der Waals surface area contributed by atoms with Crippen molar-refractivity contribution in [2.75, 3.05) is 106 Å². The first-order valence-electron chi connectivity index (χ1n) is 15.7. The number of benzene rings is 2. The minimum absolute atomic E-state index is 0.434. The van der Waals surface area contributed by atoms with Gasteiger partial charge >= 0.3 is 0 Å². The van der Waals surface area contributed by atoms with Crippen LogP contribution < -0.4 is 29.3 Å². The zero-order chi connectivity index (χ0) is 31.1. The normalized spacial score (nSPS) is 19.5. The highest BCUT2D eigenvalue weighted by molar-refractivity contribution is 7.50. The maximum Gasteiger partial charge on any atom is 0.161 e. The molecule has 0 saturated carbocycles. The number of fused-ring (bicyclic) bond motifs is 2. The summed E-state index contributed by atoms with van der Waals surface area (Å²) >= 11 is 0.